The van der Waals surface area contributed by atoms with Gasteiger partial charge in [-0.3, -0.25) is 14.5 Å². The van der Waals surface area contributed by atoms with Gasteiger partial charge in [-0.2, -0.15) is 26.3 Å². The van der Waals surface area contributed by atoms with Crippen LogP contribution in [0.4, 0.5) is 31.1 Å². The zero-order valence-corrected chi connectivity index (χ0v) is 24.5. The number of carbonyl (C=O) groups excluding carboxylic acids is 3. The zero-order valence-electron chi connectivity index (χ0n) is 24.5. The second kappa shape index (κ2) is 11.6. The Morgan fingerprint density at radius 3 is 2.30 bits per heavy atom. The number of rotatable bonds is 9. The molecular weight excluding hydrogens is 622 g/mol. The molecule has 2 N–H and O–H groups in total. The van der Waals surface area contributed by atoms with Crippen molar-refractivity contribution in [3.05, 3.63) is 88.5 Å². The van der Waals surface area contributed by atoms with Crippen LogP contribution in [0.1, 0.15) is 52.9 Å². The lowest BCUT2D eigenvalue weighted by Gasteiger charge is -2.33. The minimum absolute atomic E-state index is 0.00965. The summed E-state index contributed by atoms with van der Waals surface area (Å²) >= 11 is 0. The number of ether oxygens (including phenoxy) is 2. The molecule has 0 radical (unpaired) electrons. The summed E-state index contributed by atoms with van der Waals surface area (Å²) in [7, 11) is 0. The summed E-state index contributed by atoms with van der Waals surface area (Å²) in [5, 5.41) is 12.4. The number of aryl methyl sites for hydroxylation is 1. The van der Waals surface area contributed by atoms with Crippen molar-refractivity contribution >= 4 is 17.7 Å². The molecule has 3 aromatic carbocycles. The lowest BCUT2D eigenvalue weighted by molar-refractivity contribution is -0.376. The smallest absolute Gasteiger partial charge is 0.430 e. The maximum absolute atomic E-state index is 13.4. The molecule has 1 fully saturated rings. The average Bonchev–Trinajstić information content (AvgIpc) is 3.55. The summed E-state index contributed by atoms with van der Waals surface area (Å²) < 4.78 is 91.7. The molecule has 0 bridgehead atoms. The van der Waals surface area contributed by atoms with Crippen LogP contribution in [0.5, 0.6) is 17.2 Å². The SMILES string of the molecule is CCCc1cc(C(O)(C(F)(F)F)C(F)(F)F)ccc1Oc1ccc(C(=O)CN2C(=O)NC(C)(c3ccc4c(c3)CCO4)C2=O)cc1. The van der Waals surface area contributed by atoms with E-state index in [0.29, 0.717) is 42.9 Å². The van der Waals surface area contributed by atoms with Crippen LogP contribution < -0.4 is 14.8 Å². The van der Waals surface area contributed by atoms with E-state index in [1.165, 1.54) is 24.3 Å². The lowest BCUT2D eigenvalue weighted by atomic mass is 9.90. The molecule has 8 nitrogen and oxygen atoms in total. The molecule has 2 aliphatic heterocycles. The van der Waals surface area contributed by atoms with E-state index in [-0.39, 0.29) is 29.0 Å². The molecule has 0 aromatic heterocycles. The first-order valence-electron chi connectivity index (χ1n) is 14.2. The van der Waals surface area contributed by atoms with Gasteiger partial charge in [0, 0.05) is 17.5 Å². The first-order chi connectivity index (χ1) is 21.5. The third-order valence-corrected chi connectivity index (χ3v) is 8.07. The average molecular weight is 651 g/mol. The molecule has 14 heteroatoms. The summed E-state index contributed by atoms with van der Waals surface area (Å²) in [6, 6.07) is 11.8. The molecule has 1 atom stereocenters. The fourth-order valence-corrected chi connectivity index (χ4v) is 5.46. The van der Waals surface area contributed by atoms with Gasteiger partial charge < -0.3 is 19.9 Å². The summed E-state index contributed by atoms with van der Waals surface area (Å²) in [5.41, 5.74) is -6.32. The first-order valence-corrected chi connectivity index (χ1v) is 14.2. The number of aliphatic hydroxyl groups is 1. The first kappa shape index (κ1) is 32.8. The van der Waals surface area contributed by atoms with Gasteiger partial charge >= 0.3 is 18.4 Å². The molecule has 0 saturated carbocycles. The quantitative estimate of drug-likeness (QED) is 0.159. The number of nitrogens with zero attached hydrogens (tertiary/aromatic N) is 1. The van der Waals surface area contributed by atoms with E-state index in [2.05, 4.69) is 5.32 Å². The molecule has 0 spiro atoms. The van der Waals surface area contributed by atoms with Crippen LogP contribution in [-0.4, -0.2) is 53.2 Å². The zero-order chi connectivity index (χ0) is 33.7. The van der Waals surface area contributed by atoms with E-state index in [1.807, 2.05) is 0 Å². The van der Waals surface area contributed by atoms with Crippen molar-refractivity contribution in [2.24, 2.45) is 0 Å². The summed E-state index contributed by atoms with van der Waals surface area (Å²) in [4.78, 5) is 40.0. The van der Waals surface area contributed by atoms with Crippen LogP contribution in [-0.2, 0) is 28.8 Å². The van der Waals surface area contributed by atoms with Gasteiger partial charge in [0.1, 0.15) is 22.8 Å². The Balaban J connectivity index is 1.31. The van der Waals surface area contributed by atoms with Crippen molar-refractivity contribution < 1.29 is 55.3 Å². The number of nitrogens with one attached hydrogen (secondary N) is 1. The van der Waals surface area contributed by atoms with Gasteiger partial charge in [-0.1, -0.05) is 25.5 Å². The maximum Gasteiger partial charge on any atom is 0.430 e. The standard InChI is InChI=1S/C32H28F6N2O6/c1-3-4-19-16-22(30(44,31(33,34)35)32(36,37)38)8-12-26(19)46-23-9-5-18(6-10-23)24(41)17-40-27(42)29(2,39-28(40)43)21-7-11-25-20(15-21)13-14-45-25/h5-12,15-16,44H,3-4,13-14,17H2,1-2H3,(H,39,43). The van der Waals surface area contributed by atoms with Gasteiger partial charge in [0.25, 0.3) is 11.5 Å². The Morgan fingerprint density at radius 1 is 1.00 bits per heavy atom. The maximum atomic E-state index is 13.4. The van der Waals surface area contributed by atoms with Crippen LogP contribution >= 0.6 is 0 Å². The van der Waals surface area contributed by atoms with Crippen LogP contribution in [0.15, 0.2) is 60.7 Å². The number of Topliss-reactive ketones (excluding diaryl/α,β-unsaturated/α-hetero) is 1. The van der Waals surface area contributed by atoms with Crippen molar-refractivity contribution in [1.82, 2.24) is 10.2 Å². The molecule has 5 rings (SSSR count). The van der Waals surface area contributed by atoms with Crippen molar-refractivity contribution in [2.75, 3.05) is 13.2 Å². The summed E-state index contributed by atoms with van der Waals surface area (Å²) in [6.07, 6.45) is -11.0. The van der Waals surface area contributed by atoms with Crippen molar-refractivity contribution in [1.29, 1.82) is 0 Å². The Bertz CT molecular complexity index is 1670. The Kier molecular flexibility index (Phi) is 8.30. The van der Waals surface area contributed by atoms with Crippen molar-refractivity contribution in [3.63, 3.8) is 0 Å². The van der Waals surface area contributed by atoms with E-state index in [1.54, 1.807) is 32.0 Å². The number of hydrogen-bond acceptors (Lipinski definition) is 6. The van der Waals surface area contributed by atoms with E-state index in [4.69, 9.17) is 9.47 Å². The number of hydrogen-bond donors (Lipinski definition) is 2. The fourth-order valence-electron chi connectivity index (χ4n) is 5.46. The van der Waals surface area contributed by atoms with E-state index >= 15 is 0 Å². The molecule has 244 valence electrons. The fraction of sp³-hybridized carbons (Fsp3) is 0.344. The van der Waals surface area contributed by atoms with Gasteiger partial charge in [0.15, 0.2) is 5.78 Å². The minimum Gasteiger partial charge on any atom is -0.493 e. The third kappa shape index (κ3) is 5.65. The number of imide groups is 1. The van der Waals surface area contributed by atoms with E-state index < -0.39 is 53.3 Å². The predicted molar refractivity (Wildman–Crippen MR) is 151 cm³/mol. The molecular formula is C32H28F6N2O6. The van der Waals surface area contributed by atoms with Crippen LogP contribution in [0, 0.1) is 0 Å². The Morgan fingerprint density at radius 2 is 1.67 bits per heavy atom. The Hall–Kier alpha value is -4.59. The molecule has 2 aliphatic rings. The van der Waals surface area contributed by atoms with Gasteiger partial charge in [0.05, 0.1) is 13.2 Å². The molecule has 3 amide bonds. The van der Waals surface area contributed by atoms with Gasteiger partial charge in [-0.25, -0.2) is 4.79 Å². The highest BCUT2D eigenvalue weighted by molar-refractivity contribution is 6.11. The van der Waals surface area contributed by atoms with E-state index in [9.17, 15) is 45.8 Å². The lowest BCUT2D eigenvalue weighted by Crippen LogP contribution is -2.53. The van der Waals surface area contributed by atoms with Gasteiger partial charge in [-0.05, 0) is 78.6 Å². The molecule has 46 heavy (non-hydrogen) atoms. The molecule has 1 saturated heterocycles. The largest absolute Gasteiger partial charge is 0.493 e. The number of halogens is 6. The summed E-state index contributed by atoms with van der Waals surface area (Å²) in [5.74, 6) is -0.423. The molecule has 2 heterocycles. The number of fused-ring (bicyclic) bond motifs is 1. The Labute approximate surface area is 258 Å². The number of benzene rings is 3. The molecule has 3 aromatic rings. The van der Waals surface area contributed by atoms with Crippen LogP contribution in [0.3, 0.4) is 0 Å². The minimum atomic E-state index is -6.03. The van der Waals surface area contributed by atoms with E-state index in [0.717, 1.165) is 16.5 Å². The van der Waals surface area contributed by atoms with Gasteiger partial charge in [0.2, 0.25) is 0 Å². The number of carbonyl (C=O) groups is 3. The third-order valence-electron chi connectivity index (χ3n) is 8.07. The number of amides is 3. The van der Waals surface area contributed by atoms with Crippen molar-refractivity contribution in [2.45, 2.75) is 56.6 Å². The van der Waals surface area contributed by atoms with Gasteiger partial charge in [-0.15, -0.1) is 0 Å². The predicted octanol–water partition coefficient (Wildman–Crippen LogP) is 6.33. The molecule has 1 unspecified atom stereocenters. The van der Waals surface area contributed by atoms with Crippen LogP contribution in [0.25, 0.3) is 0 Å². The normalized spacial score (nSPS) is 18.3. The number of alkyl halides is 6. The monoisotopic (exact) mass is 650 g/mol. The molecule has 0 aliphatic carbocycles. The highest BCUT2D eigenvalue weighted by Crippen LogP contribution is 2.50. The second-order valence-electron chi connectivity index (χ2n) is 11.2. The van der Waals surface area contributed by atoms with Crippen LogP contribution in [0.2, 0.25) is 0 Å². The number of urea groups is 1. The number of ketones is 1. The van der Waals surface area contributed by atoms with Crippen molar-refractivity contribution in [3.8, 4) is 17.2 Å². The highest BCUT2D eigenvalue weighted by atomic mass is 19.4. The topological polar surface area (TPSA) is 105 Å². The summed E-state index contributed by atoms with van der Waals surface area (Å²) in [6.45, 7) is 3.16. The second-order valence-corrected chi connectivity index (χ2v) is 11.2. The highest BCUT2D eigenvalue weighted by Gasteiger charge is 2.71.